The van der Waals surface area contributed by atoms with Gasteiger partial charge < -0.3 is 0 Å². The molecule has 0 saturated carbocycles. The van der Waals surface area contributed by atoms with Crippen molar-refractivity contribution in [3.05, 3.63) is 181 Å². The summed E-state index contributed by atoms with van der Waals surface area (Å²) in [6.07, 6.45) is 2.03. The summed E-state index contributed by atoms with van der Waals surface area (Å²) in [5.74, 6) is 0.736. The zero-order valence-electron chi connectivity index (χ0n) is 32.4. The van der Waals surface area contributed by atoms with E-state index in [1.54, 1.807) is 11.3 Å². The molecule has 0 radical (unpaired) electrons. The molecule has 0 saturated heterocycles. The molecule has 12 aromatic rings. The highest BCUT2D eigenvalue weighted by molar-refractivity contribution is 7.26. The number of hydrogen-bond acceptors (Lipinski definition) is 4. The highest BCUT2D eigenvalue weighted by atomic mass is 32.1. The van der Waals surface area contributed by atoms with Gasteiger partial charge in [-0.1, -0.05) is 129 Å². The van der Waals surface area contributed by atoms with E-state index in [1.807, 2.05) is 17.5 Å². The molecule has 0 amide bonds. The van der Waals surface area contributed by atoms with Gasteiger partial charge in [0.05, 0.1) is 10.2 Å². The van der Waals surface area contributed by atoms with E-state index in [1.165, 1.54) is 96.0 Å². The molecule has 1 aliphatic carbocycles. The number of aromatic nitrogens is 2. The lowest BCUT2D eigenvalue weighted by Crippen LogP contribution is -2.14. The molecular weight excluding hydrogens is 753 g/mol. The lowest BCUT2D eigenvalue weighted by atomic mass is 9.82. The van der Waals surface area contributed by atoms with Gasteiger partial charge in [-0.05, 0) is 125 Å². The summed E-state index contributed by atoms with van der Waals surface area (Å²) >= 11 is 3.64. The summed E-state index contributed by atoms with van der Waals surface area (Å²) in [6.45, 7) is 4.69. The fraction of sp³-hybridized carbons (Fsp3) is 0.0545. The second kappa shape index (κ2) is 12.2. The number of benzene rings is 9. The Labute approximate surface area is 348 Å². The van der Waals surface area contributed by atoms with Crippen molar-refractivity contribution in [1.29, 1.82) is 0 Å². The van der Waals surface area contributed by atoms with Gasteiger partial charge in [-0.15, -0.1) is 22.7 Å². The lowest BCUT2D eigenvalue weighted by Gasteiger charge is -2.21. The monoisotopic (exact) mass is 786 g/mol. The molecule has 2 nitrogen and oxygen atoms in total. The van der Waals surface area contributed by atoms with Gasteiger partial charge in [0, 0.05) is 47.4 Å². The predicted octanol–water partition coefficient (Wildman–Crippen LogP) is 16.0. The topological polar surface area (TPSA) is 25.8 Å². The highest BCUT2D eigenvalue weighted by Gasteiger charge is 2.35. The average Bonchev–Trinajstić information content (AvgIpc) is 3.92. The van der Waals surface area contributed by atoms with Crippen LogP contribution in [0.3, 0.4) is 0 Å². The summed E-state index contributed by atoms with van der Waals surface area (Å²) in [5.41, 5.74) is 12.1. The molecule has 0 fully saturated rings. The maximum atomic E-state index is 5.44. The fourth-order valence-electron chi connectivity index (χ4n) is 9.99. The standard InChI is InChI=1S/C55H34N2S2/c1-55(2)47-17-9-7-15-40(47)45-26-31(20-22-48(45)55)33-23-34(32-19-21-42-41-16-8-10-18-49(41)58-50(42)27-32)25-35(24-33)54-56-30-52-53(57-54)46-28-43-38-13-5-3-11-36(38)37-12-4-6-14-39(37)44(43)29-51(46)59-52/h3-30H,1-2H3. The van der Waals surface area contributed by atoms with Crippen molar-refractivity contribution < 1.29 is 0 Å². The van der Waals surface area contributed by atoms with E-state index in [2.05, 4.69) is 178 Å². The first-order valence-corrected chi connectivity index (χ1v) is 21.8. The molecule has 1 aliphatic rings. The third kappa shape index (κ3) is 4.85. The van der Waals surface area contributed by atoms with Crippen LogP contribution in [0, 0.1) is 0 Å². The minimum absolute atomic E-state index is 0.0472. The van der Waals surface area contributed by atoms with E-state index in [9.17, 15) is 0 Å². The minimum atomic E-state index is -0.0472. The third-order valence-electron chi connectivity index (χ3n) is 12.9. The molecule has 0 unspecified atom stereocenters. The van der Waals surface area contributed by atoms with Crippen LogP contribution in [0.2, 0.25) is 0 Å². The largest absolute Gasteiger partial charge is 0.235 e. The third-order valence-corrected chi connectivity index (χ3v) is 15.1. The number of nitrogens with zero attached hydrogens (tertiary/aromatic N) is 2. The predicted molar refractivity (Wildman–Crippen MR) is 254 cm³/mol. The second-order valence-corrected chi connectivity index (χ2v) is 18.7. The van der Waals surface area contributed by atoms with Gasteiger partial charge in [-0.3, -0.25) is 0 Å². The molecule has 9 aromatic carbocycles. The van der Waals surface area contributed by atoms with E-state index in [0.29, 0.717) is 0 Å². The molecule has 3 aromatic heterocycles. The van der Waals surface area contributed by atoms with Crippen molar-refractivity contribution >= 4 is 95.5 Å². The zero-order chi connectivity index (χ0) is 39.0. The Balaban J connectivity index is 1.03. The van der Waals surface area contributed by atoms with Crippen molar-refractivity contribution in [3.63, 3.8) is 0 Å². The Morgan fingerprint density at radius 1 is 0.373 bits per heavy atom. The smallest absolute Gasteiger partial charge is 0.159 e. The molecule has 0 N–H and O–H groups in total. The Hall–Kier alpha value is -6.72. The van der Waals surface area contributed by atoms with E-state index >= 15 is 0 Å². The number of hydrogen-bond donors (Lipinski definition) is 0. The van der Waals surface area contributed by atoms with Crippen molar-refractivity contribution in [2.45, 2.75) is 19.3 Å². The Morgan fingerprint density at radius 2 is 0.932 bits per heavy atom. The Kier molecular flexibility index (Phi) is 6.85. The molecule has 0 bridgehead atoms. The van der Waals surface area contributed by atoms with Gasteiger partial charge >= 0.3 is 0 Å². The van der Waals surface area contributed by atoms with E-state index in [0.717, 1.165) is 32.7 Å². The van der Waals surface area contributed by atoms with Gasteiger partial charge in [0.25, 0.3) is 0 Å². The first-order valence-electron chi connectivity index (χ1n) is 20.2. The average molecular weight is 787 g/mol. The molecular formula is C55H34N2S2. The SMILES string of the molecule is CC1(C)c2ccccc2-c2cc(-c3cc(-c4ccc5c(c4)sc4ccccc45)cc(-c4ncc5sc6cc7c8ccccc8c8ccccc8c7cc6c5n4)c3)ccc21. The van der Waals surface area contributed by atoms with Crippen LogP contribution in [0.4, 0.5) is 0 Å². The normalized spacial score (nSPS) is 13.4. The number of rotatable bonds is 3. The van der Waals surface area contributed by atoms with Crippen molar-refractivity contribution in [3.8, 4) is 44.8 Å². The van der Waals surface area contributed by atoms with E-state index in [4.69, 9.17) is 9.97 Å². The molecule has 0 aliphatic heterocycles. The Morgan fingerprint density at radius 3 is 1.71 bits per heavy atom. The maximum absolute atomic E-state index is 5.44. The zero-order valence-corrected chi connectivity index (χ0v) is 34.0. The first kappa shape index (κ1) is 33.3. The molecule has 3 heterocycles. The van der Waals surface area contributed by atoms with E-state index in [-0.39, 0.29) is 5.41 Å². The van der Waals surface area contributed by atoms with Crippen molar-refractivity contribution in [1.82, 2.24) is 9.97 Å². The van der Waals surface area contributed by atoms with Crippen LogP contribution in [-0.4, -0.2) is 9.97 Å². The van der Waals surface area contributed by atoms with Crippen molar-refractivity contribution in [2.24, 2.45) is 0 Å². The van der Waals surface area contributed by atoms with E-state index < -0.39 is 0 Å². The van der Waals surface area contributed by atoms with Gasteiger partial charge in [0.15, 0.2) is 5.82 Å². The molecule has 4 heteroatoms. The first-order chi connectivity index (χ1) is 29.0. The highest BCUT2D eigenvalue weighted by Crippen LogP contribution is 2.50. The van der Waals surface area contributed by atoms with Crippen LogP contribution >= 0.6 is 22.7 Å². The molecule has 276 valence electrons. The fourth-order valence-corrected chi connectivity index (χ4v) is 12.2. The van der Waals surface area contributed by atoms with Gasteiger partial charge in [-0.25, -0.2) is 9.97 Å². The quantitative estimate of drug-likeness (QED) is 0.167. The second-order valence-electron chi connectivity index (χ2n) is 16.5. The summed E-state index contributed by atoms with van der Waals surface area (Å²) < 4.78 is 4.93. The molecule has 59 heavy (non-hydrogen) atoms. The summed E-state index contributed by atoms with van der Waals surface area (Å²) in [5, 5.41) is 11.4. The molecule has 0 atom stereocenters. The maximum Gasteiger partial charge on any atom is 0.159 e. The lowest BCUT2D eigenvalue weighted by molar-refractivity contribution is 0.660. The van der Waals surface area contributed by atoms with Gasteiger partial charge in [0.2, 0.25) is 0 Å². The van der Waals surface area contributed by atoms with Crippen LogP contribution in [0.15, 0.2) is 170 Å². The van der Waals surface area contributed by atoms with Crippen LogP contribution in [0.1, 0.15) is 25.0 Å². The summed E-state index contributed by atoms with van der Waals surface area (Å²) in [6, 6.07) is 60.9. The van der Waals surface area contributed by atoms with Crippen LogP contribution in [0.5, 0.6) is 0 Å². The van der Waals surface area contributed by atoms with Gasteiger partial charge in [0.1, 0.15) is 0 Å². The molecule has 0 spiro atoms. The summed E-state index contributed by atoms with van der Waals surface area (Å²) in [4.78, 5) is 10.5. The number of thiophene rings is 2. The van der Waals surface area contributed by atoms with Crippen molar-refractivity contribution in [2.75, 3.05) is 0 Å². The van der Waals surface area contributed by atoms with Crippen LogP contribution < -0.4 is 0 Å². The van der Waals surface area contributed by atoms with Gasteiger partial charge in [-0.2, -0.15) is 0 Å². The Bertz CT molecular complexity index is 3770. The molecule has 13 rings (SSSR count). The number of fused-ring (bicyclic) bond motifs is 15. The van der Waals surface area contributed by atoms with Crippen LogP contribution in [0.25, 0.3) is 118 Å². The van der Waals surface area contributed by atoms with Crippen LogP contribution in [-0.2, 0) is 5.41 Å². The summed E-state index contributed by atoms with van der Waals surface area (Å²) in [7, 11) is 0. The minimum Gasteiger partial charge on any atom is -0.235 e.